The molecular formula is C17H27N5O3S. The van der Waals surface area contributed by atoms with E-state index in [1.807, 2.05) is 25.8 Å². The summed E-state index contributed by atoms with van der Waals surface area (Å²) < 4.78 is 34.7. The van der Waals surface area contributed by atoms with E-state index in [1.165, 1.54) is 0 Å². The van der Waals surface area contributed by atoms with E-state index in [9.17, 15) is 8.42 Å². The van der Waals surface area contributed by atoms with Crippen LogP contribution in [0.4, 0.5) is 0 Å². The third kappa shape index (κ3) is 3.56. The molecular weight excluding hydrogens is 354 g/mol. The lowest BCUT2D eigenvalue weighted by molar-refractivity contribution is 0.311. The Kier molecular flexibility index (Phi) is 5.23. The molecule has 9 heteroatoms. The van der Waals surface area contributed by atoms with Gasteiger partial charge in [-0.3, -0.25) is 4.68 Å². The topological polar surface area (TPSA) is 84.5 Å². The van der Waals surface area contributed by atoms with Gasteiger partial charge >= 0.3 is 0 Å². The Morgan fingerprint density at radius 3 is 2.69 bits per heavy atom. The summed E-state index contributed by atoms with van der Waals surface area (Å²) in [4.78, 5) is 2.29. The molecule has 0 spiro atoms. The van der Waals surface area contributed by atoms with Crippen LogP contribution in [0.1, 0.15) is 41.6 Å². The summed E-state index contributed by atoms with van der Waals surface area (Å²) in [5.41, 5.74) is 2.49. The van der Waals surface area contributed by atoms with Crippen molar-refractivity contribution < 1.29 is 12.9 Å². The van der Waals surface area contributed by atoms with E-state index in [0.717, 1.165) is 30.8 Å². The maximum Gasteiger partial charge on any atom is 0.248 e. The van der Waals surface area contributed by atoms with Gasteiger partial charge in [0.2, 0.25) is 10.0 Å². The van der Waals surface area contributed by atoms with Crippen molar-refractivity contribution in [3.8, 4) is 0 Å². The summed E-state index contributed by atoms with van der Waals surface area (Å²) in [6.07, 6.45) is 1.75. The van der Waals surface area contributed by atoms with Gasteiger partial charge in [0.25, 0.3) is 0 Å². The number of sulfonamides is 1. The lowest BCUT2D eigenvalue weighted by Gasteiger charge is -2.31. The van der Waals surface area contributed by atoms with Crippen molar-refractivity contribution in [3.63, 3.8) is 0 Å². The van der Waals surface area contributed by atoms with Crippen molar-refractivity contribution in [2.45, 2.75) is 44.0 Å². The summed E-state index contributed by atoms with van der Waals surface area (Å²) in [6, 6.07) is 2.09. The van der Waals surface area contributed by atoms with E-state index >= 15 is 0 Å². The standard InChI is InChI=1S/C17H27N5O3S/c1-12-17(13(2)25-19-12)26(23,24)22-8-6-7-14(10-22)16-9-15(11-20(3)4)21(5)18-16/h9,14H,6-8,10-11H2,1-5H3/t14-/m0/s1. The number of hydrogen-bond acceptors (Lipinski definition) is 6. The molecule has 144 valence electrons. The second-order valence-electron chi connectivity index (χ2n) is 7.28. The summed E-state index contributed by atoms with van der Waals surface area (Å²) in [5, 5.41) is 8.44. The van der Waals surface area contributed by atoms with Crippen molar-refractivity contribution in [1.29, 1.82) is 0 Å². The third-order valence-corrected chi connectivity index (χ3v) is 6.95. The number of nitrogens with zero attached hydrogens (tertiary/aromatic N) is 5. The van der Waals surface area contributed by atoms with Crippen LogP contribution in [-0.2, 0) is 23.6 Å². The van der Waals surface area contributed by atoms with E-state index in [-0.39, 0.29) is 10.8 Å². The van der Waals surface area contributed by atoms with E-state index in [2.05, 4.69) is 21.2 Å². The first-order valence-electron chi connectivity index (χ1n) is 8.80. The van der Waals surface area contributed by atoms with Crippen LogP contribution in [0.25, 0.3) is 0 Å². The second-order valence-corrected chi connectivity index (χ2v) is 9.15. The Morgan fingerprint density at radius 2 is 2.08 bits per heavy atom. The predicted octanol–water partition coefficient (Wildman–Crippen LogP) is 1.65. The van der Waals surface area contributed by atoms with E-state index in [4.69, 9.17) is 4.52 Å². The fourth-order valence-corrected chi connectivity index (χ4v) is 5.39. The Hall–Kier alpha value is -1.71. The molecule has 0 unspecified atom stereocenters. The molecule has 0 saturated carbocycles. The molecule has 2 aromatic heterocycles. The summed E-state index contributed by atoms with van der Waals surface area (Å²) >= 11 is 0. The molecule has 1 fully saturated rings. The SMILES string of the molecule is Cc1noc(C)c1S(=O)(=O)N1CCC[C@H](c2cc(CN(C)C)n(C)n2)C1. The minimum Gasteiger partial charge on any atom is -0.360 e. The highest BCUT2D eigenvalue weighted by Gasteiger charge is 2.35. The fourth-order valence-electron chi connectivity index (χ4n) is 3.58. The van der Waals surface area contributed by atoms with Gasteiger partial charge < -0.3 is 9.42 Å². The van der Waals surface area contributed by atoms with Crippen LogP contribution in [0, 0.1) is 13.8 Å². The minimum atomic E-state index is -3.61. The van der Waals surface area contributed by atoms with Crippen LogP contribution < -0.4 is 0 Å². The van der Waals surface area contributed by atoms with Crippen molar-refractivity contribution in [2.75, 3.05) is 27.2 Å². The van der Waals surface area contributed by atoms with Crippen molar-refractivity contribution >= 4 is 10.0 Å². The summed E-state index contributed by atoms with van der Waals surface area (Å²) in [5.74, 6) is 0.442. The van der Waals surface area contributed by atoms with Crippen LogP contribution in [-0.4, -0.2) is 59.7 Å². The van der Waals surface area contributed by atoms with Crippen LogP contribution >= 0.6 is 0 Å². The Labute approximate surface area is 154 Å². The first-order chi connectivity index (χ1) is 12.2. The maximum atomic E-state index is 13.1. The molecule has 3 heterocycles. The average Bonchev–Trinajstić information content (AvgIpc) is 3.10. The molecule has 1 aliphatic heterocycles. The van der Waals surface area contributed by atoms with Gasteiger partial charge in [0.1, 0.15) is 10.6 Å². The lowest BCUT2D eigenvalue weighted by Crippen LogP contribution is -2.39. The molecule has 3 rings (SSSR count). The van der Waals surface area contributed by atoms with Gasteiger partial charge in [0, 0.05) is 32.6 Å². The Balaban J connectivity index is 1.84. The van der Waals surface area contributed by atoms with Gasteiger partial charge in [0.05, 0.1) is 11.4 Å². The Bertz CT molecular complexity index is 865. The largest absolute Gasteiger partial charge is 0.360 e. The fraction of sp³-hybridized carbons (Fsp3) is 0.647. The van der Waals surface area contributed by atoms with Crippen LogP contribution in [0.5, 0.6) is 0 Å². The number of hydrogen-bond donors (Lipinski definition) is 0. The zero-order valence-electron chi connectivity index (χ0n) is 16.1. The number of rotatable bonds is 5. The second kappa shape index (κ2) is 7.13. The summed E-state index contributed by atoms with van der Waals surface area (Å²) in [6.45, 7) is 5.06. The smallest absolute Gasteiger partial charge is 0.248 e. The summed E-state index contributed by atoms with van der Waals surface area (Å²) in [7, 11) is 2.36. The molecule has 1 atom stereocenters. The molecule has 1 saturated heterocycles. The zero-order valence-corrected chi connectivity index (χ0v) is 16.9. The molecule has 1 aliphatic rings. The molecule has 0 amide bonds. The molecule has 0 aromatic carbocycles. The maximum absolute atomic E-state index is 13.1. The number of aromatic nitrogens is 3. The molecule has 0 bridgehead atoms. The van der Waals surface area contributed by atoms with E-state index in [0.29, 0.717) is 24.5 Å². The van der Waals surface area contributed by atoms with Crippen molar-refractivity contribution in [1.82, 2.24) is 24.1 Å². The first-order valence-corrected chi connectivity index (χ1v) is 10.2. The highest BCUT2D eigenvalue weighted by Crippen LogP contribution is 2.32. The van der Waals surface area contributed by atoms with Gasteiger partial charge in [-0.25, -0.2) is 8.42 Å². The van der Waals surface area contributed by atoms with Gasteiger partial charge in [-0.15, -0.1) is 0 Å². The average molecular weight is 382 g/mol. The molecule has 0 N–H and O–H groups in total. The van der Waals surface area contributed by atoms with Gasteiger partial charge in [-0.1, -0.05) is 5.16 Å². The normalized spacial score (nSPS) is 19.4. The molecule has 26 heavy (non-hydrogen) atoms. The molecule has 2 aromatic rings. The molecule has 0 radical (unpaired) electrons. The van der Waals surface area contributed by atoms with Crippen LogP contribution in [0.15, 0.2) is 15.5 Å². The predicted molar refractivity (Wildman–Crippen MR) is 97.3 cm³/mol. The van der Waals surface area contributed by atoms with Gasteiger partial charge in [-0.05, 0) is 46.9 Å². The molecule has 8 nitrogen and oxygen atoms in total. The van der Waals surface area contributed by atoms with Crippen molar-refractivity contribution in [3.05, 3.63) is 28.9 Å². The lowest BCUT2D eigenvalue weighted by atomic mass is 9.96. The van der Waals surface area contributed by atoms with Gasteiger partial charge in [0.15, 0.2) is 5.76 Å². The number of piperidine rings is 1. The number of aryl methyl sites for hydroxylation is 3. The van der Waals surface area contributed by atoms with E-state index in [1.54, 1.807) is 18.2 Å². The molecule has 0 aliphatic carbocycles. The van der Waals surface area contributed by atoms with Crippen LogP contribution in [0.3, 0.4) is 0 Å². The highest BCUT2D eigenvalue weighted by molar-refractivity contribution is 7.89. The van der Waals surface area contributed by atoms with Crippen molar-refractivity contribution in [2.24, 2.45) is 7.05 Å². The highest BCUT2D eigenvalue weighted by atomic mass is 32.2. The first kappa shape index (κ1) is 19.1. The van der Waals surface area contributed by atoms with Crippen LogP contribution in [0.2, 0.25) is 0 Å². The van der Waals surface area contributed by atoms with E-state index < -0.39 is 10.0 Å². The van der Waals surface area contributed by atoms with Gasteiger partial charge in [-0.2, -0.15) is 9.40 Å². The Morgan fingerprint density at radius 1 is 1.35 bits per heavy atom. The quantitative estimate of drug-likeness (QED) is 0.783. The minimum absolute atomic E-state index is 0.0982. The zero-order chi connectivity index (χ0) is 19.1. The monoisotopic (exact) mass is 381 g/mol. The third-order valence-electron chi connectivity index (χ3n) is 4.84.